The molecule has 11 heteroatoms. The van der Waals surface area contributed by atoms with E-state index in [9.17, 15) is 18.0 Å². The zero-order valence-electron chi connectivity index (χ0n) is 17.8. The topological polar surface area (TPSA) is 135 Å². The molecule has 2 aromatic carbocycles. The maximum Gasteiger partial charge on any atom is 0.341 e. The van der Waals surface area contributed by atoms with Gasteiger partial charge in [0.2, 0.25) is 15.9 Å². The highest BCUT2D eigenvalue weighted by atomic mass is 32.2. The molecule has 1 saturated heterocycles. The summed E-state index contributed by atoms with van der Waals surface area (Å²) in [6.07, 6.45) is 1.95. The van der Waals surface area contributed by atoms with Crippen LogP contribution in [0.3, 0.4) is 0 Å². The van der Waals surface area contributed by atoms with Gasteiger partial charge in [-0.1, -0.05) is 24.3 Å². The first kappa shape index (κ1) is 24.4. The summed E-state index contributed by atoms with van der Waals surface area (Å²) in [4.78, 5) is 23.0. The molecule has 1 aliphatic rings. The summed E-state index contributed by atoms with van der Waals surface area (Å²) in [5, 5.41) is 12.6. The summed E-state index contributed by atoms with van der Waals surface area (Å²) in [5.74, 6) is -1.08. The number of carbonyl (C=O) groups excluding carboxylic acids is 1. The second kappa shape index (κ2) is 11.5. The van der Waals surface area contributed by atoms with Gasteiger partial charge in [-0.25, -0.2) is 18.6 Å². The SMILES string of the molecule is O=C(O)COc1ccccc1/C=N/NC(=O)CCc1ccc(S(=O)(=O)N2CCOCC2)cc1. The molecule has 176 valence electrons. The average Bonchev–Trinajstić information content (AvgIpc) is 2.83. The lowest BCUT2D eigenvalue weighted by Crippen LogP contribution is -2.40. The smallest absolute Gasteiger partial charge is 0.341 e. The Labute approximate surface area is 191 Å². The fraction of sp³-hybridized carbons (Fsp3) is 0.318. The summed E-state index contributed by atoms with van der Waals surface area (Å²) in [6.45, 7) is 0.956. The number of hydrogen-bond acceptors (Lipinski definition) is 7. The van der Waals surface area contributed by atoms with Gasteiger partial charge in [-0.05, 0) is 36.2 Å². The number of para-hydroxylation sites is 1. The number of ether oxygens (including phenoxy) is 2. The molecule has 1 fully saturated rings. The van der Waals surface area contributed by atoms with Crippen molar-refractivity contribution in [1.82, 2.24) is 9.73 Å². The minimum atomic E-state index is -3.55. The van der Waals surface area contributed by atoms with Crippen molar-refractivity contribution in [3.8, 4) is 5.75 Å². The molecule has 0 saturated carbocycles. The average molecular weight is 476 g/mol. The lowest BCUT2D eigenvalue weighted by atomic mass is 10.1. The minimum Gasteiger partial charge on any atom is -0.481 e. The van der Waals surface area contributed by atoms with Crippen LogP contribution in [0.4, 0.5) is 0 Å². The number of nitrogens with zero attached hydrogens (tertiary/aromatic N) is 2. The number of carboxylic acid groups (broad SMARTS) is 1. The summed E-state index contributed by atoms with van der Waals surface area (Å²) in [7, 11) is -3.55. The van der Waals surface area contributed by atoms with Gasteiger partial charge in [-0.2, -0.15) is 9.41 Å². The predicted octanol–water partition coefficient (Wildman–Crippen LogP) is 1.25. The molecular formula is C22H25N3O7S. The molecule has 1 heterocycles. The van der Waals surface area contributed by atoms with Crippen LogP contribution in [0.5, 0.6) is 5.75 Å². The Morgan fingerprint density at radius 1 is 1.12 bits per heavy atom. The Morgan fingerprint density at radius 2 is 1.82 bits per heavy atom. The van der Waals surface area contributed by atoms with E-state index >= 15 is 0 Å². The van der Waals surface area contributed by atoms with Gasteiger partial charge < -0.3 is 14.6 Å². The number of benzene rings is 2. The van der Waals surface area contributed by atoms with E-state index in [0.717, 1.165) is 5.56 Å². The number of hydrazone groups is 1. The molecule has 1 amide bonds. The second-order valence-corrected chi connectivity index (χ2v) is 9.11. The molecular weight excluding hydrogens is 450 g/mol. The van der Waals surface area contributed by atoms with Gasteiger partial charge in [-0.3, -0.25) is 4.79 Å². The fourth-order valence-electron chi connectivity index (χ4n) is 3.11. The van der Waals surface area contributed by atoms with E-state index in [2.05, 4.69) is 10.5 Å². The minimum absolute atomic E-state index is 0.157. The Balaban J connectivity index is 1.50. The van der Waals surface area contributed by atoms with E-state index in [1.54, 1.807) is 48.5 Å². The predicted molar refractivity (Wildman–Crippen MR) is 120 cm³/mol. The molecule has 33 heavy (non-hydrogen) atoms. The zero-order valence-corrected chi connectivity index (χ0v) is 18.7. The van der Waals surface area contributed by atoms with Gasteiger partial charge >= 0.3 is 5.97 Å². The zero-order chi connectivity index (χ0) is 23.7. The van der Waals surface area contributed by atoms with Crippen molar-refractivity contribution in [2.24, 2.45) is 5.10 Å². The second-order valence-electron chi connectivity index (χ2n) is 7.17. The molecule has 2 aromatic rings. The van der Waals surface area contributed by atoms with Crippen LogP contribution in [0.2, 0.25) is 0 Å². The van der Waals surface area contributed by atoms with Crippen molar-refractivity contribution in [1.29, 1.82) is 0 Å². The number of amides is 1. The molecule has 3 rings (SSSR count). The maximum atomic E-state index is 12.7. The summed E-state index contributed by atoms with van der Waals surface area (Å²) in [5.41, 5.74) is 3.76. The number of nitrogens with one attached hydrogen (secondary N) is 1. The van der Waals surface area contributed by atoms with Crippen molar-refractivity contribution < 1.29 is 32.6 Å². The summed E-state index contributed by atoms with van der Waals surface area (Å²) < 4.78 is 37.1. The molecule has 0 atom stereocenters. The Bertz CT molecular complexity index is 1100. The number of rotatable bonds is 10. The summed E-state index contributed by atoms with van der Waals surface area (Å²) in [6, 6.07) is 13.2. The number of carbonyl (C=O) groups is 2. The largest absolute Gasteiger partial charge is 0.481 e. The Morgan fingerprint density at radius 3 is 2.52 bits per heavy atom. The highest BCUT2D eigenvalue weighted by Gasteiger charge is 2.26. The lowest BCUT2D eigenvalue weighted by molar-refractivity contribution is -0.139. The highest BCUT2D eigenvalue weighted by molar-refractivity contribution is 7.89. The molecule has 0 aliphatic carbocycles. The maximum absolute atomic E-state index is 12.7. The van der Waals surface area contributed by atoms with Gasteiger partial charge in [-0.15, -0.1) is 0 Å². The number of sulfonamides is 1. The number of hydrogen-bond donors (Lipinski definition) is 2. The van der Waals surface area contributed by atoms with Gasteiger partial charge in [0, 0.05) is 25.1 Å². The molecule has 0 unspecified atom stereocenters. The highest BCUT2D eigenvalue weighted by Crippen LogP contribution is 2.18. The fourth-order valence-corrected chi connectivity index (χ4v) is 4.52. The van der Waals surface area contributed by atoms with Crippen LogP contribution >= 0.6 is 0 Å². The van der Waals surface area contributed by atoms with E-state index in [1.807, 2.05) is 0 Å². The molecule has 1 aliphatic heterocycles. The number of aliphatic carboxylic acids is 1. The third-order valence-corrected chi connectivity index (χ3v) is 6.75. The van der Waals surface area contributed by atoms with Crippen molar-refractivity contribution in [3.05, 3.63) is 59.7 Å². The first-order valence-corrected chi connectivity index (χ1v) is 11.7. The first-order valence-electron chi connectivity index (χ1n) is 10.3. The van der Waals surface area contributed by atoms with Crippen molar-refractivity contribution in [2.75, 3.05) is 32.9 Å². The van der Waals surface area contributed by atoms with Crippen molar-refractivity contribution >= 4 is 28.1 Å². The number of carboxylic acids is 1. The molecule has 0 aromatic heterocycles. The molecule has 2 N–H and O–H groups in total. The monoisotopic (exact) mass is 475 g/mol. The van der Waals surface area contributed by atoms with Crippen LogP contribution in [0.25, 0.3) is 0 Å². The molecule has 0 radical (unpaired) electrons. The van der Waals surface area contributed by atoms with E-state index in [0.29, 0.717) is 44.0 Å². The van der Waals surface area contributed by atoms with Crippen LogP contribution in [-0.4, -0.2) is 68.8 Å². The van der Waals surface area contributed by atoms with Gasteiger partial charge in [0.15, 0.2) is 6.61 Å². The number of aryl methyl sites for hydroxylation is 1. The summed E-state index contributed by atoms with van der Waals surface area (Å²) >= 11 is 0. The standard InChI is InChI=1S/C22H25N3O7S/c26-21(24-23-15-18-3-1-2-4-20(18)32-16-22(27)28)10-7-17-5-8-19(9-6-17)33(29,30)25-11-13-31-14-12-25/h1-6,8-9,15H,7,10-14,16H2,(H,24,26)(H,27,28)/b23-15+. The Hall–Kier alpha value is -3.28. The third kappa shape index (κ3) is 7.11. The first-order chi connectivity index (χ1) is 15.9. The van der Waals surface area contributed by atoms with Crippen LogP contribution < -0.4 is 10.2 Å². The lowest BCUT2D eigenvalue weighted by Gasteiger charge is -2.26. The van der Waals surface area contributed by atoms with E-state index < -0.39 is 22.6 Å². The van der Waals surface area contributed by atoms with Crippen molar-refractivity contribution in [2.45, 2.75) is 17.7 Å². The molecule has 10 nitrogen and oxygen atoms in total. The van der Waals surface area contributed by atoms with E-state index in [1.165, 1.54) is 10.5 Å². The van der Waals surface area contributed by atoms with Crippen LogP contribution in [0.15, 0.2) is 58.5 Å². The van der Waals surface area contributed by atoms with Crippen LogP contribution in [0.1, 0.15) is 17.5 Å². The van der Waals surface area contributed by atoms with Gasteiger partial charge in [0.05, 0.1) is 24.3 Å². The molecule has 0 bridgehead atoms. The van der Waals surface area contributed by atoms with E-state index in [4.69, 9.17) is 14.6 Å². The van der Waals surface area contributed by atoms with Crippen LogP contribution in [-0.2, 0) is 30.8 Å². The molecule has 0 spiro atoms. The normalized spacial score (nSPS) is 14.8. The Kier molecular flexibility index (Phi) is 8.52. The number of morpholine rings is 1. The van der Waals surface area contributed by atoms with Gasteiger partial charge in [0.25, 0.3) is 0 Å². The van der Waals surface area contributed by atoms with E-state index in [-0.39, 0.29) is 17.2 Å². The van der Waals surface area contributed by atoms with Gasteiger partial charge in [0.1, 0.15) is 5.75 Å². The quantitative estimate of drug-likeness (QED) is 0.390. The van der Waals surface area contributed by atoms with Crippen molar-refractivity contribution in [3.63, 3.8) is 0 Å². The van der Waals surface area contributed by atoms with Crippen LogP contribution in [0, 0.1) is 0 Å². The third-order valence-electron chi connectivity index (χ3n) is 4.83.